The van der Waals surface area contributed by atoms with Crippen molar-refractivity contribution < 1.29 is 22.4 Å². The molecular formula is C25H30F3N7O2. The zero-order chi connectivity index (χ0) is 26.1. The van der Waals surface area contributed by atoms with Crippen molar-refractivity contribution in [2.45, 2.75) is 44.6 Å². The molecule has 1 aromatic carbocycles. The highest BCUT2D eigenvalue weighted by molar-refractivity contribution is 5.42. The second-order valence-corrected chi connectivity index (χ2v) is 10.0. The number of piperidine rings is 1. The maximum absolute atomic E-state index is 14.3. The Kier molecular flexibility index (Phi) is 7.18. The van der Waals surface area contributed by atoms with Gasteiger partial charge in [0.25, 0.3) is 0 Å². The van der Waals surface area contributed by atoms with E-state index < -0.39 is 29.4 Å². The molecule has 0 bridgehead atoms. The predicted octanol–water partition coefficient (Wildman–Crippen LogP) is 3.63. The molecule has 2 N–H and O–H groups in total. The Morgan fingerprint density at radius 1 is 1.03 bits per heavy atom. The summed E-state index contributed by atoms with van der Waals surface area (Å²) in [5.74, 6) is -1.34. The third-order valence-electron chi connectivity index (χ3n) is 7.04. The minimum Gasteiger partial charge on any atom is -0.476 e. The molecule has 2 saturated heterocycles. The summed E-state index contributed by atoms with van der Waals surface area (Å²) < 4.78 is 52.6. The Morgan fingerprint density at radius 3 is 2.46 bits per heavy atom. The van der Waals surface area contributed by atoms with E-state index in [1.165, 1.54) is 0 Å². The molecule has 0 amide bonds. The lowest BCUT2D eigenvalue weighted by atomic mass is 9.94. The van der Waals surface area contributed by atoms with Crippen LogP contribution in [0.15, 0.2) is 29.0 Å². The fourth-order valence-electron chi connectivity index (χ4n) is 4.80. The first-order valence-electron chi connectivity index (χ1n) is 12.5. The van der Waals surface area contributed by atoms with Gasteiger partial charge in [-0.3, -0.25) is 0 Å². The minimum absolute atomic E-state index is 0.0623. The third kappa shape index (κ3) is 5.48. The van der Waals surface area contributed by atoms with Crippen molar-refractivity contribution in [2.75, 3.05) is 42.6 Å². The molecule has 37 heavy (non-hydrogen) atoms. The molecule has 0 saturated carbocycles. The van der Waals surface area contributed by atoms with Crippen LogP contribution in [0.3, 0.4) is 0 Å². The fourth-order valence-corrected chi connectivity index (χ4v) is 4.80. The number of benzene rings is 1. The second-order valence-electron chi connectivity index (χ2n) is 10.0. The largest absolute Gasteiger partial charge is 0.476 e. The predicted molar refractivity (Wildman–Crippen MR) is 130 cm³/mol. The van der Waals surface area contributed by atoms with Crippen LogP contribution in [0.2, 0.25) is 0 Å². The van der Waals surface area contributed by atoms with Gasteiger partial charge in [0, 0.05) is 50.1 Å². The molecule has 12 heteroatoms. The number of nitrogens with two attached hydrogens (primary N) is 1. The van der Waals surface area contributed by atoms with Gasteiger partial charge in [-0.1, -0.05) is 19.0 Å². The molecule has 5 rings (SSSR count). The zero-order valence-corrected chi connectivity index (χ0v) is 20.8. The number of anilines is 2. The van der Waals surface area contributed by atoms with E-state index in [0.29, 0.717) is 55.2 Å². The summed E-state index contributed by atoms with van der Waals surface area (Å²) in [6.07, 6.45) is 4.99. The first-order valence-corrected chi connectivity index (χ1v) is 12.5. The monoisotopic (exact) mass is 517 g/mol. The maximum Gasteiger partial charge on any atom is 0.324 e. The maximum atomic E-state index is 14.3. The Labute approximate surface area is 212 Å². The van der Waals surface area contributed by atoms with Crippen molar-refractivity contribution in [3.05, 3.63) is 53.4 Å². The number of hydrogen-bond acceptors (Lipinski definition) is 9. The van der Waals surface area contributed by atoms with Gasteiger partial charge < -0.3 is 24.8 Å². The lowest BCUT2D eigenvalue weighted by Crippen LogP contribution is -2.35. The molecule has 2 unspecified atom stereocenters. The smallest absolute Gasteiger partial charge is 0.324 e. The lowest BCUT2D eigenvalue weighted by molar-refractivity contribution is 0.213. The quantitative estimate of drug-likeness (QED) is 0.470. The highest BCUT2D eigenvalue weighted by Gasteiger charge is 2.34. The molecule has 0 spiro atoms. The molecule has 2 aliphatic heterocycles. The van der Waals surface area contributed by atoms with E-state index in [1.54, 1.807) is 12.4 Å². The average Bonchev–Trinajstić information content (AvgIpc) is 3.53. The van der Waals surface area contributed by atoms with Crippen LogP contribution in [0.25, 0.3) is 0 Å². The molecule has 2 atom stereocenters. The fraction of sp³-hybridized carbons (Fsp3) is 0.520. The van der Waals surface area contributed by atoms with E-state index in [4.69, 9.17) is 15.0 Å². The van der Waals surface area contributed by atoms with E-state index in [1.807, 2.05) is 18.7 Å². The van der Waals surface area contributed by atoms with Crippen LogP contribution in [0.5, 0.6) is 5.88 Å². The zero-order valence-electron chi connectivity index (χ0n) is 20.8. The molecule has 2 aromatic heterocycles. The minimum atomic E-state index is -1.22. The Bertz CT molecular complexity index is 1220. The van der Waals surface area contributed by atoms with Gasteiger partial charge in [0.1, 0.15) is 11.6 Å². The van der Waals surface area contributed by atoms with Crippen molar-refractivity contribution in [2.24, 2.45) is 11.7 Å². The Balaban J connectivity index is 1.12. The van der Waals surface area contributed by atoms with E-state index in [9.17, 15) is 13.2 Å². The molecule has 0 aliphatic carbocycles. The Morgan fingerprint density at radius 2 is 1.78 bits per heavy atom. The van der Waals surface area contributed by atoms with Crippen molar-refractivity contribution >= 4 is 11.8 Å². The van der Waals surface area contributed by atoms with E-state index in [2.05, 4.69) is 25.0 Å². The van der Waals surface area contributed by atoms with Crippen molar-refractivity contribution in [3.8, 4) is 5.88 Å². The van der Waals surface area contributed by atoms with E-state index in [-0.39, 0.29) is 11.5 Å². The van der Waals surface area contributed by atoms with Gasteiger partial charge in [0.05, 0.1) is 19.0 Å². The summed E-state index contributed by atoms with van der Waals surface area (Å²) >= 11 is 0. The highest BCUT2D eigenvalue weighted by atomic mass is 19.2. The first kappa shape index (κ1) is 25.2. The average molecular weight is 518 g/mol. The lowest BCUT2D eigenvalue weighted by Gasteiger charge is -2.30. The van der Waals surface area contributed by atoms with Gasteiger partial charge in [-0.2, -0.15) is 4.98 Å². The summed E-state index contributed by atoms with van der Waals surface area (Å²) in [6, 6.07) is 1.55. The summed E-state index contributed by atoms with van der Waals surface area (Å²) in [6.45, 7) is 6.91. The van der Waals surface area contributed by atoms with Crippen LogP contribution >= 0.6 is 0 Å². The summed E-state index contributed by atoms with van der Waals surface area (Å²) in [7, 11) is 0. The SMILES string of the molecule is CC(C)c1noc(N2CCC(COc3cnc(N4CC(N)C(c5cc(F)c(F)cc5F)C4)cn3)CC2)n1. The second kappa shape index (κ2) is 10.5. The third-order valence-corrected chi connectivity index (χ3v) is 7.04. The Hall–Kier alpha value is -3.41. The number of hydrogen-bond donors (Lipinski definition) is 1. The number of aromatic nitrogens is 4. The van der Waals surface area contributed by atoms with Crippen LogP contribution in [-0.2, 0) is 0 Å². The summed E-state index contributed by atoms with van der Waals surface area (Å²) in [4.78, 5) is 17.2. The van der Waals surface area contributed by atoms with Crippen molar-refractivity contribution in [3.63, 3.8) is 0 Å². The van der Waals surface area contributed by atoms with Gasteiger partial charge in [0.2, 0.25) is 5.88 Å². The molecule has 9 nitrogen and oxygen atoms in total. The number of nitrogens with zero attached hydrogens (tertiary/aromatic N) is 6. The standard InChI is InChI=1S/C25H30F3N7O2/c1-14(2)24-32-25(37-33-24)34-5-3-15(4-6-34)13-36-23-10-30-22(9-31-23)35-11-17(21(29)12-35)16-7-19(27)20(28)8-18(16)26/h7-10,14-15,17,21H,3-6,11-13,29H2,1-2H3. The molecule has 2 fully saturated rings. The number of rotatable bonds is 7. The number of halogens is 3. The molecular weight excluding hydrogens is 487 g/mol. The van der Waals surface area contributed by atoms with E-state index >= 15 is 0 Å². The topological polar surface area (TPSA) is 106 Å². The molecule has 3 aromatic rings. The van der Waals surface area contributed by atoms with Crippen LogP contribution < -0.4 is 20.3 Å². The van der Waals surface area contributed by atoms with Gasteiger partial charge in [-0.25, -0.2) is 23.1 Å². The van der Waals surface area contributed by atoms with Gasteiger partial charge in [-0.15, -0.1) is 0 Å². The molecule has 198 valence electrons. The molecule has 2 aliphatic rings. The van der Waals surface area contributed by atoms with Gasteiger partial charge in [-0.05, 0) is 30.4 Å². The highest BCUT2D eigenvalue weighted by Crippen LogP contribution is 2.32. The van der Waals surface area contributed by atoms with Crippen LogP contribution in [0.1, 0.15) is 49.9 Å². The van der Waals surface area contributed by atoms with Gasteiger partial charge >= 0.3 is 6.01 Å². The van der Waals surface area contributed by atoms with E-state index in [0.717, 1.165) is 32.0 Å². The normalized spacial score (nSPS) is 20.7. The summed E-state index contributed by atoms with van der Waals surface area (Å²) in [5, 5.41) is 4.03. The van der Waals surface area contributed by atoms with Crippen molar-refractivity contribution in [1.82, 2.24) is 20.1 Å². The first-order chi connectivity index (χ1) is 17.8. The van der Waals surface area contributed by atoms with Crippen LogP contribution in [0.4, 0.5) is 25.0 Å². The van der Waals surface area contributed by atoms with Crippen LogP contribution in [-0.4, -0.2) is 58.9 Å². The van der Waals surface area contributed by atoms with Crippen molar-refractivity contribution in [1.29, 1.82) is 0 Å². The summed E-state index contributed by atoms with van der Waals surface area (Å²) in [5.41, 5.74) is 6.27. The van der Waals surface area contributed by atoms with Gasteiger partial charge in [0.15, 0.2) is 17.5 Å². The van der Waals surface area contributed by atoms with Crippen LogP contribution in [0, 0.1) is 23.4 Å². The number of ether oxygens (including phenoxy) is 1. The molecule has 0 radical (unpaired) electrons. The molecule has 4 heterocycles.